The maximum absolute atomic E-state index is 15.1. The number of phenols is 1. The minimum absolute atomic E-state index is 0.00661. The zero-order chi connectivity index (χ0) is 28.2. The summed E-state index contributed by atoms with van der Waals surface area (Å²) in [5.74, 6) is -1.95. The summed E-state index contributed by atoms with van der Waals surface area (Å²) in [4.78, 5) is 2.18. The fourth-order valence-corrected chi connectivity index (χ4v) is 5.59. The molecule has 2 aliphatic rings. The van der Waals surface area contributed by atoms with Gasteiger partial charge in [-0.25, -0.2) is 8.78 Å². The lowest BCUT2D eigenvalue weighted by Crippen LogP contribution is -2.26. The van der Waals surface area contributed by atoms with Gasteiger partial charge in [0.1, 0.15) is 11.9 Å². The Morgan fingerprint density at radius 3 is 2.48 bits per heavy atom. The molecule has 40 heavy (non-hydrogen) atoms. The predicted octanol–water partition coefficient (Wildman–Crippen LogP) is 7.38. The number of alkyl halides is 3. The first-order valence-electron chi connectivity index (χ1n) is 13.4. The van der Waals surface area contributed by atoms with E-state index in [0.717, 1.165) is 36.7 Å². The third-order valence-electron chi connectivity index (χ3n) is 7.43. The summed E-state index contributed by atoms with van der Waals surface area (Å²) in [6, 6.07) is 14.1. The summed E-state index contributed by atoms with van der Waals surface area (Å²) < 4.78 is 78.1. The third kappa shape index (κ3) is 6.09. The second kappa shape index (κ2) is 12.3. The molecule has 1 atom stereocenters. The highest BCUT2D eigenvalue weighted by Gasteiger charge is 2.26. The molecule has 1 aliphatic carbocycles. The fourth-order valence-electron chi connectivity index (χ4n) is 5.59. The smallest absolute Gasteiger partial charge is 0.387 e. The van der Waals surface area contributed by atoms with E-state index < -0.39 is 29.7 Å². The number of hydrogen-bond acceptors (Lipinski definition) is 4. The number of rotatable bonds is 9. The Morgan fingerprint density at radius 1 is 0.975 bits per heavy atom. The van der Waals surface area contributed by atoms with Crippen molar-refractivity contribution in [1.82, 2.24) is 4.90 Å². The predicted molar refractivity (Wildman–Crippen MR) is 142 cm³/mol. The number of fused-ring (bicyclic) bond motifs is 1. The molecule has 5 rings (SSSR count). The average Bonchev–Trinajstić information content (AvgIpc) is 3.29. The number of halogens is 5. The standard InChI is InChI=1S/C31H30F5NO3/c32-14-2-15-37-16-13-22(18-37)39-21-8-5-19(6-9-21)29-23(20-7-12-28(26(33)17-20)40-31(35)36)3-1-4-25-24(29)10-11-27(38)30(25)34/h5-12,17,22,31,38H,1-4,13-16,18H2/t22-/m0/s1. The van der Waals surface area contributed by atoms with Crippen molar-refractivity contribution in [2.45, 2.75) is 44.8 Å². The average molecular weight is 560 g/mol. The highest BCUT2D eigenvalue weighted by atomic mass is 19.3. The summed E-state index contributed by atoms with van der Waals surface area (Å²) in [6.07, 6.45) is 2.70. The number of allylic oxidation sites excluding steroid dienone is 1. The second-order valence-electron chi connectivity index (χ2n) is 10.1. The molecule has 1 N–H and O–H groups in total. The number of benzene rings is 3. The molecule has 3 aromatic carbocycles. The Balaban J connectivity index is 1.51. The number of likely N-dealkylation sites (tertiary alicyclic amines) is 1. The van der Waals surface area contributed by atoms with Crippen LogP contribution in [0.3, 0.4) is 0 Å². The maximum Gasteiger partial charge on any atom is 0.387 e. The van der Waals surface area contributed by atoms with Crippen LogP contribution in [0.4, 0.5) is 22.0 Å². The summed E-state index contributed by atoms with van der Waals surface area (Å²) >= 11 is 0. The monoisotopic (exact) mass is 559 g/mol. The Kier molecular flexibility index (Phi) is 8.59. The van der Waals surface area contributed by atoms with Crippen LogP contribution in [0.1, 0.15) is 47.9 Å². The van der Waals surface area contributed by atoms with Gasteiger partial charge in [0.15, 0.2) is 23.1 Å². The SMILES string of the molecule is Oc1ccc2c(c1F)CCCC(c1ccc(OC(F)F)c(F)c1)=C2c1ccc(O[C@H]2CCN(CCCF)C2)cc1. The van der Waals surface area contributed by atoms with Crippen LogP contribution in [-0.2, 0) is 6.42 Å². The molecule has 4 nitrogen and oxygen atoms in total. The second-order valence-corrected chi connectivity index (χ2v) is 10.1. The first-order valence-corrected chi connectivity index (χ1v) is 13.4. The van der Waals surface area contributed by atoms with E-state index in [-0.39, 0.29) is 12.8 Å². The minimum atomic E-state index is -3.15. The zero-order valence-electron chi connectivity index (χ0n) is 21.8. The number of hydrogen-bond donors (Lipinski definition) is 1. The van der Waals surface area contributed by atoms with Crippen molar-refractivity contribution in [2.75, 3.05) is 26.3 Å². The molecule has 0 unspecified atom stereocenters. The van der Waals surface area contributed by atoms with Crippen molar-refractivity contribution in [1.29, 1.82) is 0 Å². The Labute approximate surface area is 229 Å². The maximum atomic E-state index is 15.1. The molecule has 3 aromatic rings. The van der Waals surface area contributed by atoms with Crippen molar-refractivity contribution < 1.29 is 36.5 Å². The van der Waals surface area contributed by atoms with Gasteiger partial charge in [0.2, 0.25) is 0 Å². The Hall–Kier alpha value is -3.59. The van der Waals surface area contributed by atoms with Gasteiger partial charge in [-0.15, -0.1) is 0 Å². The van der Waals surface area contributed by atoms with E-state index in [1.165, 1.54) is 18.2 Å². The van der Waals surface area contributed by atoms with Crippen molar-refractivity contribution >= 4 is 11.1 Å². The lowest BCUT2D eigenvalue weighted by molar-refractivity contribution is -0.0521. The van der Waals surface area contributed by atoms with Gasteiger partial charge in [0, 0.05) is 19.6 Å². The molecule has 0 radical (unpaired) electrons. The Bertz CT molecular complexity index is 1380. The summed E-state index contributed by atoms with van der Waals surface area (Å²) in [6.45, 7) is -1.21. The van der Waals surface area contributed by atoms with Gasteiger partial charge in [0.25, 0.3) is 0 Å². The number of phenolic OH excluding ortho intramolecular Hbond substituents is 1. The van der Waals surface area contributed by atoms with Gasteiger partial charge in [-0.3, -0.25) is 9.29 Å². The fraction of sp³-hybridized carbons (Fsp3) is 0.355. The molecule has 1 aliphatic heterocycles. The van der Waals surface area contributed by atoms with Crippen molar-refractivity contribution in [2.24, 2.45) is 0 Å². The molecule has 0 saturated carbocycles. The van der Waals surface area contributed by atoms with Crippen molar-refractivity contribution in [3.8, 4) is 17.2 Å². The van der Waals surface area contributed by atoms with Gasteiger partial charge in [-0.1, -0.05) is 24.3 Å². The molecular formula is C31H30F5NO3. The van der Waals surface area contributed by atoms with Crippen molar-refractivity contribution in [3.63, 3.8) is 0 Å². The number of ether oxygens (including phenoxy) is 2. The van der Waals surface area contributed by atoms with Crippen LogP contribution < -0.4 is 9.47 Å². The molecular weight excluding hydrogens is 529 g/mol. The van der Waals surface area contributed by atoms with Crippen LogP contribution in [0.2, 0.25) is 0 Å². The first-order chi connectivity index (χ1) is 19.3. The minimum Gasteiger partial charge on any atom is -0.505 e. The third-order valence-corrected chi connectivity index (χ3v) is 7.43. The topological polar surface area (TPSA) is 41.9 Å². The molecule has 9 heteroatoms. The molecule has 212 valence electrons. The number of nitrogens with zero attached hydrogens (tertiary/aromatic N) is 1. The van der Waals surface area contributed by atoms with Gasteiger partial charge in [-0.2, -0.15) is 8.78 Å². The molecule has 0 bridgehead atoms. The van der Waals surface area contributed by atoms with Crippen LogP contribution in [0.25, 0.3) is 11.1 Å². The van der Waals surface area contributed by atoms with Crippen LogP contribution in [-0.4, -0.2) is 49.0 Å². The van der Waals surface area contributed by atoms with Gasteiger partial charge in [0.05, 0.1) is 6.67 Å². The zero-order valence-corrected chi connectivity index (χ0v) is 21.8. The summed E-state index contributed by atoms with van der Waals surface area (Å²) in [5, 5.41) is 10.0. The van der Waals surface area contributed by atoms with E-state index in [1.807, 2.05) is 24.3 Å². The molecule has 0 spiro atoms. The van der Waals surface area contributed by atoms with Crippen LogP contribution >= 0.6 is 0 Å². The van der Waals surface area contributed by atoms with E-state index in [9.17, 15) is 22.7 Å². The van der Waals surface area contributed by atoms with Gasteiger partial charge >= 0.3 is 6.61 Å². The molecule has 1 fully saturated rings. The quantitative estimate of drug-likeness (QED) is 0.278. The lowest BCUT2D eigenvalue weighted by Gasteiger charge is -2.19. The van der Waals surface area contributed by atoms with Crippen LogP contribution in [0.5, 0.6) is 17.2 Å². The molecule has 0 aromatic heterocycles. The highest BCUT2D eigenvalue weighted by molar-refractivity contribution is 6.00. The normalized spacial score (nSPS) is 17.7. The summed E-state index contributed by atoms with van der Waals surface area (Å²) in [7, 11) is 0. The molecule has 1 saturated heterocycles. The van der Waals surface area contributed by atoms with Crippen LogP contribution in [0, 0.1) is 11.6 Å². The summed E-state index contributed by atoms with van der Waals surface area (Å²) in [5.41, 5.74) is 3.53. The van der Waals surface area contributed by atoms with Crippen LogP contribution in [0.15, 0.2) is 54.6 Å². The van der Waals surface area contributed by atoms with Gasteiger partial charge in [-0.05, 0) is 95.8 Å². The highest BCUT2D eigenvalue weighted by Crippen LogP contribution is 2.43. The lowest BCUT2D eigenvalue weighted by atomic mass is 9.87. The van der Waals surface area contributed by atoms with E-state index in [4.69, 9.17) is 4.74 Å². The number of aromatic hydroxyl groups is 1. The van der Waals surface area contributed by atoms with E-state index in [2.05, 4.69) is 9.64 Å². The molecule has 1 heterocycles. The van der Waals surface area contributed by atoms with E-state index in [0.29, 0.717) is 60.2 Å². The van der Waals surface area contributed by atoms with Crippen molar-refractivity contribution in [3.05, 3.63) is 88.5 Å². The Morgan fingerprint density at radius 2 is 1.75 bits per heavy atom. The molecule has 0 amide bonds. The van der Waals surface area contributed by atoms with E-state index in [1.54, 1.807) is 6.07 Å². The van der Waals surface area contributed by atoms with Gasteiger partial charge < -0.3 is 14.6 Å². The first kappa shape index (κ1) is 28.0. The van der Waals surface area contributed by atoms with E-state index >= 15 is 4.39 Å². The largest absolute Gasteiger partial charge is 0.505 e.